The number of ether oxygens (including phenoxy) is 3. The van der Waals surface area contributed by atoms with Gasteiger partial charge >= 0.3 is 0 Å². The molecule has 0 fully saturated rings. The second-order valence-electron chi connectivity index (χ2n) is 7.20. The fourth-order valence-electron chi connectivity index (χ4n) is 3.58. The van der Waals surface area contributed by atoms with E-state index in [1.165, 1.54) is 11.7 Å². The molecule has 0 aliphatic rings. The molecule has 4 aromatic rings. The molecule has 8 nitrogen and oxygen atoms in total. The van der Waals surface area contributed by atoms with Crippen LogP contribution in [0.4, 0.5) is 0 Å². The van der Waals surface area contributed by atoms with Crippen LogP contribution in [0.2, 0.25) is 0 Å². The Morgan fingerprint density at radius 2 is 1.75 bits per heavy atom. The van der Waals surface area contributed by atoms with Crippen molar-refractivity contribution in [1.29, 1.82) is 0 Å². The van der Waals surface area contributed by atoms with Gasteiger partial charge in [-0.2, -0.15) is 5.10 Å². The van der Waals surface area contributed by atoms with Gasteiger partial charge < -0.3 is 23.9 Å². The van der Waals surface area contributed by atoms with Crippen molar-refractivity contribution < 1.29 is 19.3 Å². The molecule has 0 aliphatic heterocycles. The molecule has 0 bridgehead atoms. The van der Waals surface area contributed by atoms with E-state index >= 15 is 0 Å². The zero-order valence-electron chi connectivity index (χ0n) is 18.2. The lowest BCUT2D eigenvalue weighted by Gasteiger charge is -2.17. The van der Waals surface area contributed by atoms with E-state index in [0.717, 1.165) is 11.3 Å². The van der Waals surface area contributed by atoms with Crippen LogP contribution in [-0.4, -0.2) is 40.1 Å². The van der Waals surface area contributed by atoms with E-state index in [0.29, 0.717) is 34.9 Å². The fraction of sp³-hybridized carbons (Fsp3) is 0.250. The number of hydrogen-bond donors (Lipinski definition) is 1. The maximum Gasteiger partial charge on any atom is 0.276 e. The highest BCUT2D eigenvalue weighted by Crippen LogP contribution is 2.30. The second-order valence-corrected chi connectivity index (χ2v) is 7.20. The van der Waals surface area contributed by atoms with E-state index in [2.05, 4.69) is 5.10 Å². The predicted octanol–water partition coefficient (Wildman–Crippen LogP) is 3.31. The summed E-state index contributed by atoms with van der Waals surface area (Å²) >= 11 is 0. The fourth-order valence-corrected chi connectivity index (χ4v) is 3.58. The highest BCUT2D eigenvalue weighted by Gasteiger charge is 2.17. The molecule has 0 radical (unpaired) electrons. The van der Waals surface area contributed by atoms with Gasteiger partial charge in [0, 0.05) is 23.5 Å². The van der Waals surface area contributed by atoms with Gasteiger partial charge in [0.25, 0.3) is 5.56 Å². The van der Waals surface area contributed by atoms with Crippen molar-refractivity contribution in [2.24, 2.45) is 0 Å². The SMILES string of the molecule is CCOc1ccc(-c2cc3c(=O)n(C[C@@H](O)c4cc(OC)ccc4OC)ccn3n2)cc1. The average Bonchev–Trinajstić information content (AvgIpc) is 3.26. The quantitative estimate of drug-likeness (QED) is 0.457. The Morgan fingerprint density at radius 1 is 1.00 bits per heavy atom. The van der Waals surface area contributed by atoms with Crippen molar-refractivity contribution in [3.05, 3.63) is 76.8 Å². The first-order valence-electron chi connectivity index (χ1n) is 10.3. The van der Waals surface area contributed by atoms with Crippen LogP contribution in [0.25, 0.3) is 16.8 Å². The molecule has 0 saturated carbocycles. The Labute approximate surface area is 185 Å². The third-order valence-electron chi connectivity index (χ3n) is 5.23. The van der Waals surface area contributed by atoms with Gasteiger partial charge in [-0.3, -0.25) is 4.79 Å². The lowest BCUT2D eigenvalue weighted by atomic mass is 10.1. The topological polar surface area (TPSA) is 87.2 Å². The van der Waals surface area contributed by atoms with Gasteiger partial charge in [-0.25, -0.2) is 4.52 Å². The van der Waals surface area contributed by atoms with E-state index in [1.807, 2.05) is 31.2 Å². The molecule has 0 aliphatic carbocycles. The van der Waals surface area contributed by atoms with Crippen LogP contribution in [0, 0.1) is 0 Å². The normalized spacial score (nSPS) is 12.0. The summed E-state index contributed by atoms with van der Waals surface area (Å²) in [5.41, 5.74) is 2.27. The van der Waals surface area contributed by atoms with Gasteiger partial charge in [0.05, 0.1) is 33.1 Å². The van der Waals surface area contributed by atoms with Crippen LogP contribution in [0.5, 0.6) is 17.2 Å². The molecular formula is C24H25N3O5. The number of aliphatic hydroxyl groups is 1. The van der Waals surface area contributed by atoms with E-state index < -0.39 is 6.10 Å². The first kappa shape index (κ1) is 21.5. The number of nitrogens with zero attached hydrogens (tertiary/aromatic N) is 3. The molecule has 0 amide bonds. The maximum absolute atomic E-state index is 13.1. The summed E-state index contributed by atoms with van der Waals surface area (Å²) in [5.74, 6) is 1.90. The Morgan fingerprint density at radius 3 is 2.44 bits per heavy atom. The lowest BCUT2D eigenvalue weighted by Crippen LogP contribution is -2.24. The zero-order chi connectivity index (χ0) is 22.7. The highest BCUT2D eigenvalue weighted by atomic mass is 16.5. The van der Waals surface area contributed by atoms with E-state index in [-0.39, 0.29) is 12.1 Å². The number of rotatable bonds is 8. The van der Waals surface area contributed by atoms with E-state index in [1.54, 1.807) is 48.3 Å². The summed E-state index contributed by atoms with van der Waals surface area (Å²) in [5, 5.41) is 15.3. The van der Waals surface area contributed by atoms with Gasteiger partial charge in [0.15, 0.2) is 0 Å². The van der Waals surface area contributed by atoms with Crippen molar-refractivity contribution >= 4 is 5.52 Å². The van der Waals surface area contributed by atoms with Crippen molar-refractivity contribution in [2.45, 2.75) is 19.6 Å². The molecule has 166 valence electrons. The molecule has 0 saturated heterocycles. The van der Waals surface area contributed by atoms with Crippen molar-refractivity contribution in [2.75, 3.05) is 20.8 Å². The summed E-state index contributed by atoms with van der Waals surface area (Å²) in [6.45, 7) is 2.59. The number of methoxy groups -OCH3 is 2. The summed E-state index contributed by atoms with van der Waals surface area (Å²) in [4.78, 5) is 13.1. The average molecular weight is 435 g/mol. The lowest BCUT2D eigenvalue weighted by molar-refractivity contribution is 0.151. The first-order valence-corrected chi connectivity index (χ1v) is 10.3. The van der Waals surface area contributed by atoms with Crippen LogP contribution < -0.4 is 19.8 Å². The molecule has 0 spiro atoms. The minimum absolute atomic E-state index is 0.0580. The largest absolute Gasteiger partial charge is 0.497 e. The van der Waals surface area contributed by atoms with Crippen LogP contribution in [0.15, 0.2) is 65.7 Å². The van der Waals surface area contributed by atoms with Crippen molar-refractivity contribution in [3.8, 4) is 28.5 Å². The standard InChI is InChI=1S/C24H25N3O5/c1-4-32-17-7-5-16(6-8-17)20-14-21-24(29)26(11-12-27(21)25-20)15-22(28)19-13-18(30-2)9-10-23(19)31-3/h5-14,22,28H,4,15H2,1-3H3/t22-/m1/s1. The van der Waals surface area contributed by atoms with Crippen molar-refractivity contribution in [3.63, 3.8) is 0 Å². The van der Waals surface area contributed by atoms with Crippen LogP contribution >= 0.6 is 0 Å². The maximum atomic E-state index is 13.1. The molecule has 4 rings (SSSR count). The predicted molar refractivity (Wildman–Crippen MR) is 121 cm³/mol. The molecule has 8 heteroatoms. The van der Waals surface area contributed by atoms with Crippen LogP contribution in [0.1, 0.15) is 18.6 Å². The minimum atomic E-state index is -0.964. The Hall–Kier alpha value is -3.78. The molecular weight excluding hydrogens is 410 g/mol. The van der Waals surface area contributed by atoms with Gasteiger partial charge in [-0.1, -0.05) is 0 Å². The second kappa shape index (κ2) is 9.15. The summed E-state index contributed by atoms with van der Waals surface area (Å²) in [6, 6.07) is 14.5. The number of hydrogen-bond acceptors (Lipinski definition) is 6. The van der Waals surface area contributed by atoms with Crippen LogP contribution in [-0.2, 0) is 6.54 Å². The van der Waals surface area contributed by atoms with Gasteiger partial charge in [-0.15, -0.1) is 0 Å². The van der Waals surface area contributed by atoms with Gasteiger partial charge in [0.2, 0.25) is 0 Å². The first-order chi connectivity index (χ1) is 15.5. The molecule has 2 aromatic carbocycles. The number of aliphatic hydroxyl groups excluding tert-OH is 1. The Balaban J connectivity index is 1.64. The van der Waals surface area contributed by atoms with Gasteiger partial charge in [-0.05, 0) is 55.5 Å². The number of fused-ring (bicyclic) bond motifs is 1. The minimum Gasteiger partial charge on any atom is -0.497 e. The molecule has 1 atom stereocenters. The summed E-state index contributed by atoms with van der Waals surface area (Å²) < 4.78 is 19.1. The smallest absolute Gasteiger partial charge is 0.276 e. The van der Waals surface area contributed by atoms with Crippen molar-refractivity contribution in [1.82, 2.24) is 14.2 Å². The summed E-state index contributed by atoms with van der Waals surface area (Å²) in [7, 11) is 3.09. The molecule has 1 N–H and O–H groups in total. The molecule has 2 aromatic heterocycles. The third-order valence-corrected chi connectivity index (χ3v) is 5.23. The Kier molecular flexibility index (Phi) is 6.13. The third kappa shape index (κ3) is 4.17. The zero-order valence-corrected chi connectivity index (χ0v) is 18.2. The van der Waals surface area contributed by atoms with E-state index in [9.17, 15) is 9.90 Å². The molecule has 0 unspecified atom stereocenters. The highest BCUT2D eigenvalue weighted by molar-refractivity contribution is 5.66. The molecule has 2 heterocycles. The number of aromatic nitrogens is 3. The Bertz CT molecular complexity index is 1280. The van der Waals surface area contributed by atoms with Gasteiger partial charge in [0.1, 0.15) is 28.9 Å². The van der Waals surface area contributed by atoms with Crippen LogP contribution in [0.3, 0.4) is 0 Å². The summed E-state index contributed by atoms with van der Waals surface area (Å²) in [6.07, 6.45) is 2.35. The van der Waals surface area contributed by atoms with E-state index in [4.69, 9.17) is 14.2 Å². The monoisotopic (exact) mass is 435 g/mol. The number of benzene rings is 2. The molecule has 32 heavy (non-hydrogen) atoms.